The Kier molecular flexibility index (Phi) is 4.32. The maximum absolute atomic E-state index is 12.5. The van der Waals surface area contributed by atoms with E-state index in [9.17, 15) is 4.79 Å². The molecule has 5 rings (SSSR count). The van der Waals surface area contributed by atoms with E-state index in [4.69, 9.17) is 10.7 Å². The van der Waals surface area contributed by atoms with Gasteiger partial charge in [0.05, 0.1) is 18.4 Å². The summed E-state index contributed by atoms with van der Waals surface area (Å²) in [5, 5.41) is 11.7. The van der Waals surface area contributed by atoms with Gasteiger partial charge in [-0.2, -0.15) is 10.1 Å². The lowest BCUT2D eigenvalue weighted by molar-refractivity contribution is 0.197. The van der Waals surface area contributed by atoms with Crippen molar-refractivity contribution in [2.45, 2.75) is 25.3 Å². The summed E-state index contributed by atoms with van der Waals surface area (Å²) < 4.78 is 1.70. The van der Waals surface area contributed by atoms with Crippen molar-refractivity contribution in [3.05, 3.63) is 58.5 Å². The quantitative estimate of drug-likeness (QED) is 0.475. The van der Waals surface area contributed by atoms with Crippen LogP contribution in [0, 0.1) is 0 Å². The van der Waals surface area contributed by atoms with Crippen LogP contribution in [0.2, 0.25) is 0 Å². The Morgan fingerprint density at radius 3 is 2.66 bits per heavy atom. The highest BCUT2D eigenvalue weighted by atomic mass is 16.1. The molecule has 0 spiro atoms. The molecule has 0 bridgehead atoms. The number of nitrogens with one attached hydrogen (secondary N) is 2. The second kappa shape index (κ2) is 7.13. The molecule has 29 heavy (non-hydrogen) atoms. The number of hydrogen-bond donors (Lipinski definition) is 3. The van der Waals surface area contributed by atoms with Gasteiger partial charge in [0, 0.05) is 5.92 Å². The van der Waals surface area contributed by atoms with E-state index in [0.717, 1.165) is 37.4 Å². The van der Waals surface area contributed by atoms with Crippen LogP contribution in [0.4, 0.5) is 5.95 Å². The number of para-hydroxylation sites is 1. The van der Waals surface area contributed by atoms with E-state index in [-0.39, 0.29) is 11.5 Å². The summed E-state index contributed by atoms with van der Waals surface area (Å²) in [5.41, 5.74) is 6.88. The van der Waals surface area contributed by atoms with Gasteiger partial charge in [0.1, 0.15) is 17.0 Å². The molecule has 0 aliphatic carbocycles. The molecule has 0 amide bonds. The SMILES string of the molecule is Nc1n[nH]c(C2CCN(Cc3nc4c(cnn4-c4ccccc4)c(=O)[nH]3)CC2)n1. The zero-order chi connectivity index (χ0) is 19.8. The molecule has 148 valence electrons. The lowest BCUT2D eigenvalue weighted by atomic mass is 9.96. The van der Waals surface area contributed by atoms with Crippen molar-refractivity contribution in [1.82, 2.24) is 39.8 Å². The van der Waals surface area contributed by atoms with Gasteiger partial charge >= 0.3 is 0 Å². The second-order valence-electron chi connectivity index (χ2n) is 7.27. The first-order valence-electron chi connectivity index (χ1n) is 9.60. The summed E-state index contributed by atoms with van der Waals surface area (Å²) in [6.07, 6.45) is 3.46. The van der Waals surface area contributed by atoms with Crippen molar-refractivity contribution in [2.75, 3.05) is 18.8 Å². The van der Waals surface area contributed by atoms with Gasteiger partial charge in [-0.05, 0) is 38.1 Å². The van der Waals surface area contributed by atoms with E-state index in [1.807, 2.05) is 30.3 Å². The topological polar surface area (TPSA) is 134 Å². The predicted molar refractivity (Wildman–Crippen MR) is 108 cm³/mol. The van der Waals surface area contributed by atoms with Crippen LogP contribution in [0.3, 0.4) is 0 Å². The summed E-state index contributed by atoms with van der Waals surface area (Å²) in [6, 6.07) is 9.69. The molecule has 4 heterocycles. The van der Waals surface area contributed by atoms with E-state index in [0.29, 0.717) is 29.3 Å². The highest BCUT2D eigenvalue weighted by Crippen LogP contribution is 2.26. The summed E-state index contributed by atoms with van der Waals surface area (Å²) in [6.45, 7) is 2.34. The number of fused-ring (bicyclic) bond motifs is 1. The zero-order valence-electron chi connectivity index (χ0n) is 15.7. The van der Waals surface area contributed by atoms with Gasteiger partial charge in [0.15, 0.2) is 5.65 Å². The Labute approximate surface area is 165 Å². The van der Waals surface area contributed by atoms with E-state index in [1.54, 1.807) is 10.9 Å². The molecule has 1 aliphatic rings. The number of anilines is 1. The minimum Gasteiger partial charge on any atom is -0.367 e. The number of rotatable bonds is 4. The number of aromatic nitrogens is 7. The molecule has 1 fully saturated rings. The molecule has 4 N–H and O–H groups in total. The van der Waals surface area contributed by atoms with Crippen LogP contribution in [0.1, 0.15) is 30.4 Å². The van der Waals surface area contributed by atoms with E-state index >= 15 is 0 Å². The summed E-state index contributed by atoms with van der Waals surface area (Å²) in [5.74, 6) is 2.10. The van der Waals surface area contributed by atoms with Crippen molar-refractivity contribution in [2.24, 2.45) is 0 Å². The minimum atomic E-state index is -0.167. The van der Waals surface area contributed by atoms with Crippen LogP contribution in [-0.2, 0) is 6.54 Å². The average molecular weight is 391 g/mol. The number of hydrogen-bond acceptors (Lipinski definition) is 7. The zero-order valence-corrected chi connectivity index (χ0v) is 15.7. The maximum Gasteiger partial charge on any atom is 0.262 e. The Morgan fingerprint density at radius 2 is 1.93 bits per heavy atom. The van der Waals surface area contributed by atoms with E-state index in [1.165, 1.54) is 0 Å². The average Bonchev–Trinajstić information content (AvgIpc) is 3.36. The number of nitrogen functional groups attached to an aromatic ring is 1. The molecule has 1 aromatic carbocycles. The second-order valence-corrected chi connectivity index (χ2v) is 7.27. The summed E-state index contributed by atoms with van der Waals surface area (Å²) in [7, 11) is 0. The van der Waals surface area contributed by atoms with Crippen molar-refractivity contribution in [3.63, 3.8) is 0 Å². The molecule has 3 aromatic heterocycles. The standard InChI is InChI=1S/C19H21N9O/c20-19-24-16(25-26-19)12-6-8-27(9-7-12)11-15-22-17-14(18(29)23-15)10-21-28(17)13-4-2-1-3-5-13/h1-5,10,12H,6-9,11H2,(H,22,23,29)(H3,20,24,25,26). The fourth-order valence-corrected chi connectivity index (χ4v) is 3.84. The van der Waals surface area contributed by atoms with Crippen LogP contribution >= 0.6 is 0 Å². The monoisotopic (exact) mass is 391 g/mol. The van der Waals surface area contributed by atoms with Crippen LogP contribution in [0.5, 0.6) is 0 Å². The van der Waals surface area contributed by atoms with Gasteiger partial charge in [-0.25, -0.2) is 9.67 Å². The number of likely N-dealkylation sites (tertiary alicyclic amines) is 1. The molecule has 0 radical (unpaired) electrons. The highest BCUT2D eigenvalue weighted by Gasteiger charge is 2.24. The fraction of sp³-hybridized carbons (Fsp3) is 0.316. The molecular formula is C19H21N9O. The third-order valence-electron chi connectivity index (χ3n) is 5.36. The van der Waals surface area contributed by atoms with Crippen LogP contribution in [0.25, 0.3) is 16.7 Å². The van der Waals surface area contributed by atoms with Gasteiger partial charge in [0.25, 0.3) is 5.56 Å². The first-order chi connectivity index (χ1) is 14.2. The van der Waals surface area contributed by atoms with Crippen molar-refractivity contribution >= 4 is 17.0 Å². The Hall–Kier alpha value is -3.53. The van der Waals surface area contributed by atoms with Crippen LogP contribution in [0.15, 0.2) is 41.3 Å². The third kappa shape index (κ3) is 3.38. The summed E-state index contributed by atoms with van der Waals surface area (Å²) in [4.78, 5) is 26.7. The van der Waals surface area contributed by atoms with Gasteiger partial charge in [-0.15, -0.1) is 5.10 Å². The highest BCUT2D eigenvalue weighted by molar-refractivity contribution is 5.75. The third-order valence-corrected chi connectivity index (χ3v) is 5.36. The van der Waals surface area contributed by atoms with Gasteiger partial charge in [-0.3, -0.25) is 14.8 Å². The number of nitrogens with zero attached hydrogens (tertiary/aromatic N) is 6. The molecular weight excluding hydrogens is 370 g/mol. The first kappa shape index (κ1) is 17.6. The normalized spacial score (nSPS) is 15.9. The molecule has 0 unspecified atom stereocenters. The minimum absolute atomic E-state index is 0.167. The number of nitrogens with two attached hydrogens (primary N) is 1. The Bertz CT molecular complexity index is 1190. The number of piperidine rings is 1. The largest absolute Gasteiger partial charge is 0.367 e. The molecule has 1 aliphatic heterocycles. The molecule has 4 aromatic rings. The molecule has 0 atom stereocenters. The van der Waals surface area contributed by atoms with Crippen molar-refractivity contribution in [3.8, 4) is 5.69 Å². The number of aromatic amines is 2. The fourth-order valence-electron chi connectivity index (χ4n) is 3.84. The van der Waals surface area contributed by atoms with E-state index in [2.05, 4.69) is 30.2 Å². The van der Waals surface area contributed by atoms with Crippen LogP contribution < -0.4 is 11.3 Å². The molecule has 1 saturated heterocycles. The lowest BCUT2D eigenvalue weighted by Gasteiger charge is -2.30. The smallest absolute Gasteiger partial charge is 0.262 e. The Morgan fingerprint density at radius 1 is 1.14 bits per heavy atom. The van der Waals surface area contributed by atoms with Gasteiger partial charge in [0.2, 0.25) is 5.95 Å². The molecule has 10 heteroatoms. The molecule has 0 saturated carbocycles. The number of benzene rings is 1. The first-order valence-corrected chi connectivity index (χ1v) is 9.60. The van der Waals surface area contributed by atoms with Crippen molar-refractivity contribution in [1.29, 1.82) is 0 Å². The predicted octanol–water partition coefficient (Wildman–Crippen LogP) is 1.19. The number of H-pyrrole nitrogens is 2. The maximum atomic E-state index is 12.5. The lowest BCUT2D eigenvalue weighted by Crippen LogP contribution is -2.34. The summed E-state index contributed by atoms with van der Waals surface area (Å²) >= 11 is 0. The van der Waals surface area contributed by atoms with Gasteiger partial charge < -0.3 is 10.7 Å². The van der Waals surface area contributed by atoms with Crippen molar-refractivity contribution < 1.29 is 0 Å². The van der Waals surface area contributed by atoms with E-state index < -0.39 is 0 Å². The Balaban J connectivity index is 1.35. The van der Waals surface area contributed by atoms with Crippen LogP contribution in [-0.4, -0.2) is 52.9 Å². The molecule has 10 nitrogen and oxygen atoms in total. The van der Waals surface area contributed by atoms with Gasteiger partial charge in [-0.1, -0.05) is 18.2 Å².